The lowest BCUT2D eigenvalue weighted by Crippen LogP contribution is -3.13. The number of ether oxygens (including phenoxy) is 3. The van der Waals surface area contributed by atoms with Gasteiger partial charge < -0.3 is 19.1 Å². The van der Waals surface area contributed by atoms with Gasteiger partial charge >= 0.3 is 5.97 Å². The molecule has 1 N–H and O–H groups in total. The zero-order chi connectivity index (χ0) is 18.1. The number of methoxy groups -OCH3 is 1. The smallest absolute Gasteiger partial charge is 0.309 e. The molecule has 1 aromatic rings. The van der Waals surface area contributed by atoms with Gasteiger partial charge in [0.15, 0.2) is 11.5 Å². The highest BCUT2D eigenvalue weighted by atomic mass is 16.5. The topological polar surface area (TPSA) is 49.2 Å². The number of hydrogen-bond acceptors (Lipinski definition) is 4. The molecule has 1 fully saturated rings. The van der Waals surface area contributed by atoms with Gasteiger partial charge in [-0.25, -0.2) is 0 Å². The Morgan fingerprint density at radius 3 is 2.60 bits per heavy atom. The van der Waals surface area contributed by atoms with Crippen LogP contribution in [-0.4, -0.2) is 45.9 Å². The van der Waals surface area contributed by atoms with Crippen molar-refractivity contribution in [2.24, 2.45) is 5.92 Å². The zero-order valence-electron chi connectivity index (χ0n) is 15.8. The van der Waals surface area contributed by atoms with Crippen LogP contribution in [0.15, 0.2) is 18.2 Å². The van der Waals surface area contributed by atoms with Crippen LogP contribution in [0.5, 0.6) is 11.5 Å². The van der Waals surface area contributed by atoms with E-state index < -0.39 is 0 Å². The molecule has 140 valence electrons. The van der Waals surface area contributed by atoms with E-state index in [1.807, 2.05) is 13.0 Å². The summed E-state index contributed by atoms with van der Waals surface area (Å²) in [6.07, 6.45) is 3.98. The molecule has 1 heterocycles. The molecule has 0 amide bonds. The van der Waals surface area contributed by atoms with Gasteiger partial charge in [-0.2, -0.15) is 0 Å². The quantitative estimate of drug-likeness (QED) is 0.691. The Labute approximate surface area is 151 Å². The molecule has 0 saturated carbocycles. The van der Waals surface area contributed by atoms with Gasteiger partial charge in [0.2, 0.25) is 0 Å². The van der Waals surface area contributed by atoms with Crippen molar-refractivity contribution in [3.63, 3.8) is 0 Å². The van der Waals surface area contributed by atoms with Crippen molar-refractivity contribution in [2.45, 2.75) is 39.5 Å². The zero-order valence-corrected chi connectivity index (χ0v) is 15.8. The third-order valence-corrected chi connectivity index (χ3v) is 4.79. The summed E-state index contributed by atoms with van der Waals surface area (Å²) in [7, 11) is 1.68. The molecule has 1 aliphatic heterocycles. The average Bonchev–Trinajstić information content (AvgIpc) is 2.63. The van der Waals surface area contributed by atoms with Crippen LogP contribution < -0.4 is 14.4 Å². The number of benzene rings is 1. The lowest BCUT2D eigenvalue weighted by atomic mass is 9.97. The number of aryl methyl sites for hydroxylation is 1. The molecule has 0 spiro atoms. The van der Waals surface area contributed by atoms with Gasteiger partial charge in [-0.1, -0.05) is 19.4 Å². The van der Waals surface area contributed by atoms with Gasteiger partial charge in [0, 0.05) is 12.8 Å². The molecule has 0 aliphatic carbocycles. The van der Waals surface area contributed by atoms with E-state index in [-0.39, 0.29) is 11.9 Å². The second kappa shape index (κ2) is 10.3. The van der Waals surface area contributed by atoms with Crippen LogP contribution in [0.2, 0.25) is 0 Å². The largest absolute Gasteiger partial charge is 0.493 e. The minimum atomic E-state index is -0.0327. The van der Waals surface area contributed by atoms with Gasteiger partial charge in [-0.15, -0.1) is 0 Å². The SMILES string of the molecule is CCCc1ccc(OCC[NH+]2CCC(C(=O)OCC)CC2)c(OC)c1. The first-order valence-electron chi connectivity index (χ1n) is 9.47. The highest BCUT2D eigenvalue weighted by molar-refractivity contribution is 5.72. The van der Waals surface area contributed by atoms with Crippen molar-refractivity contribution >= 4 is 5.97 Å². The van der Waals surface area contributed by atoms with E-state index in [0.717, 1.165) is 56.8 Å². The van der Waals surface area contributed by atoms with Crippen molar-refractivity contribution in [1.82, 2.24) is 0 Å². The van der Waals surface area contributed by atoms with E-state index in [1.165, 1.54) is 10.5 Å². The van der Waals surface area contributed by atoms with Gasteiger partial charge in [0.25, 0.3) is 0 Å². The Bertz CT molecular complexity index is 538. The van der Waals surface area contributed by atoms with Crippen LogP contribution in [-0.2, 0) is 16.0 Å². The average molecular weight is 350 g/mol. The van der Waals surface area contributed by atoms with Gasteiger partial charge in [-0.3, -0.25) is 4.79 Å². The minimum Gasteiger partial charge on any atom is -0.493 e. The first-order chi connectivity index (χ1) is 12.2. The van der Waals surface area contributed by atoms with Crippen LogP contribution in [0.3, 0.4) is 0 Å². The fraction of sp³-hybridized carbons (Fsp3) is 0.650. The summed E-state index contributed by atoms with van der Waals surface area (Å²) >= 11 is 0. The van der Waals surface area contributed by atoms with Crippen LogP contribution in [0, 0.1) is 5.92 Å². The molecule has 1 aliphatic rings. The predicted molar refractivity (Wildman–Crippen MR) is 97.4 cm³/mol. The normalized spacial score (nSPS) is 20.1. The number of nitrogens with one attached hydrogen (secondary N) is 1. The standard InChI is InChI=1S/C20H31NO4/c1-4-6-16-7-8-18(19(15-16)23-3)25-14-13-21-11-9-17(10-12-21)20(22)24-5-2/h7-8,15,17H,4-6,9-14H2,1-3H3/p+1. The Kier molecular flexibility index (Phi) is 8.06. The summed E-state index contributed by atoms with van der Waals surface area (Å²) in [5.74, 6) is 1.66. The maximum atomic E-state index is 11.8. The molecule has 0 bridgehead atoms. The van der Waals surface area contributed by atoms with E-state index in [9.17, 15) is 4.79 Å². The van der Waals surface area contributed by atoms with E-state index in [2.05, 4.69) is 19.1 Å². The molecular weight excluding hydrogens is 318 g/mol. The third-order valence-electron chi connectivity index (χ3n) is 4.79. The molecule has 1 saturated heterocycles. The summed E-state index contributed by atoms with van der Waals surface area (Å²) in [5, 5.41) is 0. The number of carbonyl (C=O) groups excluding carboxylic acids is 1. The van der Waals surface area contributed by atoms with Crippen molar-refractivity contribution in [1.29, 1.82) is 0 Å². The molecule has 5 heteroatoms. The summed E-state index contributed by atoms with van der Waals surface area (Å²) in [6, 6.07) is 6.18. The number of piperidine rings is 1. The first kappa shape index (κ1) is 19.6. The highest BCUT2D eigenvalue weighted by Gasteiger charge is 2.28. The molecule has 0 radical (unpaired) electrons. The Morgan fingerprint density at radius 1 is 1.20 bits per heavy atom. The van der Waals surface area contributed by atoms with Crippen molar-refractivity contribution in [3.05, 3.63) is 23.8 Å². The fourth-order valence-corrected chi connectivity index (χ4v) is 3.35. The van der Waals surface area contributed by atoms with Crippen LogP contribution in [0.1, 0.15) is 38.7 Å². The molecule has 0 aromatic heterocycles. The Morgan fingerprint density at radius 2 is 1.96 bits per heavy atom. The summed E-state index contributed by atoms with van der Waals surface area (Å²) in [4.78, 5) is 13.3. The first-order valence-corrected chi connectivity index (χ1v) is 9.47. The number of quaternary nitrogens is 1. The highest BCUT2D eigenvalue weighted by Crippen LogP contribution is 2.28. The van der Waals surface area contributed by atoms with Gasteiger partial charge in [-0.05, 0) is 31.0 Å². The predicted octanol–water partition coefficient (Wildman–Crippen LogP) is 1.88. The van der Waals surface area contributed by atoms with E-state index >= 15 is 0 Å². The monoisotopic (exact) mass is 350 g/mol. The second-order valence-electron chi connectivity index (χ2n) is 6.61. The molecule has 25 heavy (non-hydrogen) atoms. The molecule has 2 rings (SSSR count). The summed E-state index contributed by atoms with van der Waals surface area (Å²) in [5.41, 5.74) is 1.28. The molecule has 5 nitrogen and oxygen atoms in total. The molecule has 0 atom stereocenters. The van der Waals surface area contributed by atoms with E-state index in [4.69, 9.17) is 14.2 Å². The summed E-state index contributed by atoms with van der Waals surface area (Å²) < 4.78 is 16.5. The lowest BCUT2D eigenvalue weighted by Gasteiger charge is -2.28. The molecular formula is C20H32NO4+. The number of hydrogen-bond donors (Lipinski definition) is 1. The number of carbonyl (C=O) groups is 1. The van der Waals surface area contributed by atoms with Crippen LogP contribution in [0.25, 0.3) is 0 Å². The van der Waals surface area contributed by atoms with E-state index in [1.54, 1.807) is 7.11 Å². The number of esters is 1. The molecule has 0 unspecified atom stereocenters. The van der Waals surface area contributed by atoms with Crippen molar-refractivity contribution < 1.29 is 23.9 Å². The maximum absolute atomic E-state index is 11.8. The maximum Gasteiger partial charge on any atom is 0.309 e. The molecule has 1 aromatic carbocycles. The lowest BCUT2D eigenvalue weighted by molar-refractivity contribution is -0.905. The van der Waals surface area contributed by atoms with Crippen molar-refractivity contribution in [2.75, 3.05) is 40.0 Å². The van der Waals surface area contributed by atoms with Gasteiger partial charge in [0.05, 0.1) is 32.7 Å². The fourth-order valence-electron chi connectivity index (χ4n) is 3.35. The van der Waals surface area contributed by atoms with Crippen molar-refractivity contribution in [3.8, 4) is 11.5 Å². The Hall–Kier alpha value is -1.75. The third kappa shape index (κ3) is 5.92. The van der Waals surface area contributed by atoms with Gasteiger partial charge in [0.1, 0.15) is 13.2 Å². The van der Waals surface area contributed by atoms with E-state index in [0.29, 0.717) is 13.2 Å². The second-order valence-corrected chi connectivity index (χ2v) is 6.61. The number of likely N-dealkylation sites (tertiary alicyclic amines) is 1. The van der Waals surface area contributed by atoms with Crippen LogP contribution in [0.4, 0.5) is 0 Å². The Balaban J connectivity index is 1.75. The minimum absolute atomic E-state index is 0.0327. The number of rotatable bonds is 9. The van der Waals surface area contributed by atoms with Crippen LogP contribution >= 0.6 is 0 Å². The summed E-state index contributed by atoms with van der Waals surface area (Å²) in [6.45, 7) is 8.10.